The molecule has 0 aliphatic rings. The summed E-state index contributed by atoms with van der Waals surface area (Å²) in [6.07, 6.45) is 2.24. The molecule has 2 rings (SSSR count). The maximum Gasteiger partial charge on any atom is -0.00114 e. The van der Waals surface area contributed by atoms with Crippen LogP contribution in [0.1, 0.15) is 11.1 Å². The molecule has 0 aliphatic carbocycles. The molecule has 20 heavy (non-hydrogen) atoms. The van der Waals surface area contributed by atoms with Gasteiger partial charge in [-0.1, -0.05) is 60.7 Å². The number of hydrogen-bond donors (Lipinski definition) is 2. The molecule has 0 aliphatic heterocycles. The Kier molecular flexibility index (Phi) is 9.20. The van der Waals surface area contributed by atoms with Gasteiger partial charge in [-0.3, -0.25) is 0 Å². The van der Waals surface area contributed by atoms with Crippen LogP contribution in [0.25, 0.3) is 0 Å². The van der Waals surface area contributed by atoms with Gasteiger partial charge in [0.25, 0.3) is 0 Å². The summed E-state index contributed by atoms with van der Waals surface area (Å²) in [7, 11) is 3.95. The second-order valence-electron chi connectivity index (χ2n) is 4.68. The minimum absolute atomic E-state index is 1.06. The Morgan fingerprint density at radius 3 is 1.25 bits per heavy atom. The van der Waals surface area contributed by atoms with E-state index in [2.05, 4.69) is 59.2 Å². The van der Waals surface area contributed by atoms with Gasteiger partial charge in [0, 0.05) is 0 Å². The van der Waals surface area contributed by atoms with E-state index >= 15 is 0 Å². The van der Waals surface area contributed by atoms with E-state index in [1.807, 2.05) is 26.2 Å². The molecule has 0 aromatic heterocycles. The maximum absolute atomic E-state index is 3.12. The van der Waals surface area contributed by atoms with Gasteiger partial charge in [-0.2, -0.15) is 0 Å². The standard InChI is InChI=1S/2C9H13N/c2*1-10-8-7-9-5-3-2-4-6-9/h2*2-6,10H,7-8H2,1H3. The summed E-state index contributed by atoms with van der Waals surface area (Å²) >= 11 is 0. The van der Waals surface area contributed by atoms with Gasteiger partial charge in [-0.25, -0.2) is 0 Å². The van der Waals surface area contributed by atoms with Gasteiger partial charge in [0.15, 0.2) is 0 Å². The van der Waals surface area contributed by atoms with Crippen LogP contribution < -0.4 is 10.6 Å². The van der Waals surface area contributed by atoms with Crippen molar-refractivity contribution < 1.29 is 0 Å². The fourth-order valence-corrected chi connectivity index (χ4v) is 1.83. The lowest BCUT2D eigenvalue weighted by molar-refractivity contribution is 0.792. The number of benzene rings is 2. The molecule has 0 atom stereocenters. The molecule has 0 radical (unpaired) electrons. The minimum Gasteiger partial charge on any atom is -0.319 e. The summed E-state index contributed by atoms with van der Waals surface area (Å²) in [5.41, 5.74) is 2.80. The number of rotatable bonds is 6. The number of hydrogen-bond acceptors (Lipinski definition) is 2. The molecule has 0 bridgehead atoms. The largest absolute Gasteiger partial charge is 0.319 e. The van der Waals surface area contributed by atoms with E-state index in [0.29, 0.717) is 0 Å². The number of likely N-dealkylation sites (N-methyl/N-ethyl adjacent to an activating group) is 2. The van der Waals surface area contributed by atoms with Crippen LogP contribution in [0.4, 0.5) is 0 Å². The van der Waals surface area contributed by atoms with E-state index in [9.17, 15) is 0 Å². The van der Waals surface area contributed by atoms with Gasteiger partial charge in [0.05, 0.1) is 0 Å². The summed E-state index contributed by atoms with van der Waals surface area (Å²) in [4.78, 5) is 0. The number of nitrogens with one attached hydrogen (secondary N) is 2. The van der Waals surface area contributed by atoms with Crippen LogP contribution in [-0.4, -0.2) is 27.2 Å². The first-order valence-corrected chi connectivity index (χ1v) is 7.24. The Hall–Kier alpha value is -1.64. The second kappa shape index (κ2) is 11.2. The van der Waals surface area contributed by atoms with Crippen molar-refractivity contribution in [2.45, 2.75) is 12.8 Å². The third-order valence-electron chi connectivity index (χ3n) is 3.01. The summed E-state index contributed by atoms with van der Waals surface area (Å²) < 4.78 is 0. The SMILES string of the molecule is CNCCc1ccccc1.CNCCc1ccccc1. The normalized spacial score (nSPS) is 9.70. The third-order valence-corrected chi connectivity index (χ3v) is 3.01. The first-order chi connectivity index (χ1) is 9.86. The van der Waals surface area contributed by atoms with Crippen molar-refractivity contribution in [3.05, 3.63) is 71.8 Å². The summed E-state index contributed by atoms with van der Waals surface area (Å²) in [6.45, 7) is 2.12. The molecule has 2 aromatic carbocycles. The van der Waals surface area contributed by atoms with Crippen molar-refractivity contribution >= 4 is 0 Å². The van der Waals surface area contributed by atoms with Crippen molar-refractivity contribution in [1.29, 1.82) is 0 Å². The van der Waals surface area contributed by atoms with Crippen LogP contribution in [0.5, 0.6) is 0 Å². The second-order valence-corrected chi connectivity index (χ2v) is 4.68. The van der Waals surface area contributed by atoms with E-state index in [1.165, 1.54) is 11.1 Å². The van der Waals surface area contributed by atoms with Crippen molar-refractivity contribution in [3.63, 3.8) is 0 Å². The molecule has 108 valence electrons. The van der Waals surface area contributed by atoms with Crippen molar-refractivity contribution in [2.75, 3.05) is 27.2 Å². The van der Waals surface area contributed by atoms with Crippen molar-refractivity contribution in [1.82, 2.24) is 10.6 Å². The molecule has 2 heteroatoms. The van der Waals surface area contributed by atoms with Gasteiger partial charge in [0.1, 0.15) is 0 Å². The molecule has 2 aromatic rings. The summed E-state index contributed by atoms with van der Waals surface area (Å²) in [5, 5.41) is 6.23. The topological polar surface area (TPSA) is 24.1 Å². The highest BCUT2D eigenvalue weighted by Gasteiger charge is 1.87. The Morgan fingerprint density at radius 2 is 0.950 bits per heavy atom. The highest BCUT2D eigenvalue weighted by molar-refractivity contribution is 5.15. The molecule has 0 saturated carbocycles. The van der Waals surface area contributed by atoms with Crippen LogP contribution in [0.3, 0.4) is 0 Å². The summed E-state index contributed by atoms with van der Waals surface area (Å²) in [6, 6.07) is 21.0. The average Bonchev–Trinajstić information content (AvgIpc) is 2.53. The van der Waals surface area contributed by atoms with Crippen LogP contribution in [-0.2, 0) is 12.8 Å². The molecular formula is C18H26N2. The smallest absolute Gasteiger partial charge is 0.00114 e. The van der Waals surface area contributed by atoms with Gasteiger partial charge in [0.2, 0.25) is 0 Å². The van der Waals surface area contributed by atoms with Crippen molar-refractivity contribution in [2.24, 2.45) is 0 Å². The van der Waals surface area contributed by atoms with Gasteiger partial charge in [-0.15, -0.1) is 0 Å². The van der Waals surface area contributed by atoms with E-state index in [-0.39, 0.29) is 0 Å². The predicted molar refractivity (Wildman–Crippen MR) is 88.1 cm³/mol. The zero-order valence-electron chi connectivity index (χ0n) is 12.6. The third kappa shape index (κ3) is 7.72. The van der Waals surface area contributed by atoms with Crippen LogP contribution in [0.2, 0.25) is 0 Å². The minimum atomic E-state index is 1.06. The molecule has 0 saturated heterocycles. The van der Waals surface area contributed by atoms with Crippen LogP contribution in [0, 0.1) is 0 Å². The maximum atomic E-state index is 3.12. The quantitative estimate of drug-likeness (QED) is 0.843. The Bertz CT molecular complexity index is 382. The zero-order valence-corrected chi connectivity index (χ0v) is 12.6. The highest BCUT2D eigenvalue weighted by atomic mass is 14.8. The lowest BCUT2D eigenvalue weighted by Crippen LogP contribution is -2.09. The van der Waals surface area contributed by atoms with E-state index in [4.69, 9.17) is 0 Å². The lowest BCUT2D eigenvalue weighted by atomic mass is 10.2. The zero-order chi connectivity index (χ0) is 14.5. The monoisotopic (exact) mass is 270 g/mol. The Labute approximate surface area is 123 Å². The molecule has 2 N–H and O–H groups in total. The molecule has 0 heterocycles. The van der Waals surface area contributed by atoms with Gasteiger partial charge < -0.3 is 10.6 Å². The Balaban J connectivity index is 0.000000200. The fourth-order valence-electron chi connectivity index (χ4n) is 1.83. The average molecular weight is 270 g/mol. The van der Waals surface area contributed by atoms with Gasteiger partial charge in [-0.05, 0) is 51.2 Å². The fraction of sp³-hybridized carbons (Fsp3) is 0.333. The van der Waals surface area contributed by atoms with Gasteiger partial charge >= 0.3 is 0 Å². The van der Waals surface area contributed by atoms with E-state index < -0.39 is 0 Å². The molecule has 0 fully saturated rings. The summed E-state index contributed by atoms with van der Waals surface area (Å²) in [5.74, 6) is 0. The Morgan fingerprint density at radius 1 is 0.600 bits per heavy atom. The molecular weight excluding hydrogens is 244 g/mol. The van der Waals surface area contributed by atoms with Crippen LogP contribution in [0.15, 0.2) is 60.7 Å². The van der Waals surface area contributed by atoms with E-state index in [0.717, 1.165) is 25.9 Å². The van der Waals surface area contributed by atoms with E-state index in [1.54, 1.807) is 0 Å². The van der Waals surface area contributed by atoms with Crippen molar-refractivity contribution in [3.8, 4) is 0 Å². The molecule has 0 spiro atoms. The highest BCUT2D eigenvalue weighted by Crippen LogP contribution is 1.98. The molecule has 2 nitrogen and oxygen atoms in total. The lowest BCUT2D eigenvalue weighted by Gasteiger charge is -1.97. The molecule has 0 unspecified atom stereocenters. The van der Waals surface area contributed by atoms with Crippen LogP contribution >= 0.6 is 0 Å². The first kappa shape index (κ1) is 16.4. The first-order valence-electron chi connectivity index (χ1n) is 7.24. The molecule has 0 amide bonds. The predicted octanol–water partition coefficient (Wildman–Crippen LogP) is 2.90.